The minimum Gasteiger partial charge on any atom is -0.462 e. The normalized spacial score (nSPS) is 16.1. The van der Waals surface area contributed by atoms with Gasteiger partial charge >= 0.3 is 16.6 Å². The van der Waals surface area contributed by atoms with E-state index in [0.717, 1.165) is 52.7 Å². The zero-order valence-electron chi connectivity index (χ0n) is 19.6. The highest BCUT2D eigenvalue weighted by Gasteiger charge is 2.32. The molecule has 8 nitrogen and oxygen atoms in total. The monoisotopic (exact) mass is 502 g/mol. The lowest BCUT2D eigenvalue weighted by molar-refractivity contribution is -0.704. The maximum Gasteiger partial charge on any atom is 0.442 e. The van der Waals surface area contributed by atoms with Crippen LogP contribution in [0.25, 0.3) is 5.69 Å². The number of aryl methyl sites for hydroxylation is 1. The number of esters is 1. The second-order valence-corrected chi connectivity index (χ2v) is 10.9. The summed E-state index contributed by atoms with van der Waals surface area (Å²) in [5.74, 6) is -0.184. The molecule has 1 aliphatic rings. The Balaban J connectivity index is 1.56. The molecule has 0 saturated heterocycles. The van der Waals surface area contributed by atoms with E-state index in [1.54, 1.807) is 13.8 Å². The van der Waals surface area contributed by atoms with E-state index in [1.807, 2.05) is 31.2 Å². The Morgan fingerprint density at radius 2 is 2.09 bits per heavy atom. The summed E-state index contributed by atoms with van der Waals surface area (Å²) in [6.45, 7) is 7.91. The van der Waals surface area contributed by atoms with E-state index in [4.69, 9.17) is 9.26 Å². The van der Waals surface area contributed by atoms with E-state index in [-0.39, 0.29) is 17.5 Å². The van der Waals surface area contributed by atoms with Gasteiger partial charge in [0.15, 0.2) is 0 Å². The molecule has 2 unspecified atom stereocenters. The van der Waals surface area contributed by atoms with Gasteiger partial charge in [0.1, 0.15) is 5.00 Å². The number of ether oxygens (including phenoxy) is 1. The van der Waals surface area contributed by atoms with Gasteiger partial charge in [-0.1, -0.05) is 24.6 Å². The van der Waals surface area contributed by atoms with Crippen molar-refractivity contribution in [3.8, 4) is 5.69 Å². The largest absolute Gasteiger partial charge is 0.462 e. The standard InChI is InChI=1S/C24H27N3O5S2/c1-5-31-23(29)19-17-11-8-14(3)12-18(17)34-21(19)25-20(28)15(4)33-22-24(30)32-26-27(22)16-9-6-13(2)7-10-16/h6-7,9-10,14-15H,5,8,11-12H2,1-4H3,(H-,25,26,28,29,30)/p+1. The molecule has 0 radical (unpaired) electrons. The molecule has 2 atom stereocenters. The molecule has 1 aromatic carbocycles. The van der Waals surface area contributed by atoms with Crippen LogP contribution in [0.15, 0.2) is 38.6 Å². The molecule has 1 amide bonds. The number of aromatic amines is 1. The smallest absolute Gasteiger partial charge is 0.442 e. The number of hydrogen-bond donors (Lipinski definition) is 2. The Labute approximate surface area is 205 Å². The Morgan fingerprint density at radius 1 is 1.35 bits per heavy atom. The fourth-order valence-corrected chi connectivity index (χ4v) is 6.21. The lowest BCUT2D eigenvalue weighted by Gasteiger charge is -2.18. The zero-order chi connectivity index (χ0) is 24.4. The summed E-state index contributed by atoms with van der Waals surface area (Å²) in [6.07, 6.45) is 2.67. The van der Waals surface area contributed by atoms with Gasteiger partial charge in [0, 0.05) is 17.0 Å². The van der Waals surface area contributed by atoms with Crippen molar-refractivity contribution in [2.75, 3.05) is 11.9 Å². The highest BCUT2D eigenvalue weighted by molar-refractivity contribution is 8.00. The molecule has 0 saturated carbocycles. The van der Waals surface area contributed by atoms with Crippen molar-refractivity contribution in [3.63, 3.8) is 0 Å². The number of thiophene rings is 1. The van der Waals surface area contributed by atoms with Crippen LogP contribution < -0.4 is 15.6 Å². The van der Waals surface area contributed by atoms with Gasteiger partial charge in [-0.25, -0.2) is 9.59 Å². The number of carbonyl (C=O) groups is 2. The number of carbonyl (C=O) groups excluding carboxylic acids is 2. The number of benzene rings is 1. The molecule has 1 aliphatic carbocycles. The average molecular weight is 503 g/mol. The Hall–Kier alpha value is -2.85. The third-order valence-corrected chi connectivity index (χ3v) is 8.10. The van der Waals surface area contributed by atoms with E-state index in [9.17, 15) is 14.4 Å². The van der Waals surface area contributed by atoms with Crippen LogP contribution in [0.5, 0.6) is 0 Å². The van der Waals surface area contributed by atoms with Crippen molar-refractivity contribution in [1.82, 2.24) is 5.27 Å². The molecule has 2 heterocycles. The molecule has 10 heteroatoms. The van der Waals surface area contributed by atoms with Crippen LogP contribution in [0.4, 0.5) is 5.00 Å². The van der Waals surface area contributed by atoms with E-state index in [1.165, 1.54) is 16.0 Å². The number of nitrogens with zero attached hydrogens (tertiary/aromatic N) is 1. The maximum absolute atomic E-state index is 13.1. The fourth-order valence-electron chi connectivity index (χ4n) is 3.92. The number of aromatic nitrogens is 2. The predicted molar refractivity (Wildman–Crippen MR) is 131 cm³/mol. The summed E-state index contributed by atoms with van der Waals surface area (Å²) in [4.78, 5) is 39.3. The van der Waals surface area contributed by atoms with Crippen LogP contribution in [0.2, 0.25) is 0 Å². The van der Waals surface area contributed by atoms with Crippen molar-refractivity contribution in [1.29, 1.82) is 0 Å². The van der Waals surface area contributed by atoms with Gasteiger partial charge in [0.05, 0.1) is 17.4 Å². The third-order valence-electron chi connectivity index (χ3n) is 5.79. The summed E-state index contributed by atoms with van der Waals surface area (Å²) in [5, 5.41) is 5.68. The summed E-state index contributed by atoms with van der Waals surface area (Å²) in [7, 11) is 0. The number of anilines is 1. The number of rotatable bonds is 7. The molecule has 2 aromatic heterocycles. The summed E-state index contributed by atoms with van der Waals surface area (Å²) in [5.41, 5.74) is 2.70. The summed E-state index contributed by atoms with van der Waals surface area (Å²) < 4.78 is 11.8. The average Bonchev–Trinajstić information content (AvgIpc) is 3.34. The maximum atomic E-state index is 13.1. The summed E-state index contributed by atoms with van der Waals surface area (Å²) in [6, 6.07) is 7.57. The number of thioether (sulfide) groups is 1. The van der Waals surface area contributed by atoms with Crippen LogP contribution in [0.1, 0.15) is 53.6 Å². The molecule has 0 bridgehead atoms. The number of H-pyrrole nitrogens is 1. The second kappa shape index (κ2) is 10.2. The highest BCUT2D eigenvalue weighted by atomic mass is 32.2. The van der Waals surface area contributed by atoms with Gasteiger partial charge in [-0.15, -0.1) is 11.3 Å². The number of hydrogen-bond acceptors (Lipinski definition) is 7. The number of fused-ring (bicyclic) bond motifs is 1. The van der Waals surface area contributed by atoms with E-state index in [2.05, 4.69) is 17.5 Å². The molecule has 4 rings (SSSR count). The molecule has 34 heavy (non-hydrogen) atoms. The Kier molecular flexibility index (Phi) is 7.27. The molecular weight excluding hydrogens is 474 g/mol. The van der Waals surface area contributed by atoms with Crippen molar-refractivity contribution in [3.05, 3.63) is 56.3 Å². The first kappa shape index (κ1) is 24.3. The molecule has 0 fully saturated rings. The topological polar surface area (TPSA) is 105 Å². The van der Waals surface area contributed by atoms with Crippen LogP contribution in [-0.4, -0.2) is 29.0 Å². The Bertz CT molecular complexity index is 1260. The highest BCUT2D eigenvalue weighted by Crippen LogP contribution is 2.40. The second-order valence-electron chi connectivity index (χ2n) is 8.48. The quantitative estimate of drug-likeness (QED) is 0.287. The molecule has 0 aliphatic heterocycles. The van der Waals surface area contributed by atoms with Crippen molar-refractivity contribution >= 4 is 40.0 Å². The van der Waals surface area contributed by atoms with E-state index < -0.39 is 16.8 Å². The van der Waals surface area contributed by atoms with Crippen molar-refractivity contribution < 1.29 is 23.5 Å². The third kappa shape index (κ3) is 4.97. The van der Waals surface area contributed by atoms with Gasteiger partial charge < -0.3 is 10.1 Å². The van der Waals surface area contributed by atoms with Crippen LogP contribution in [-0.2, 0) is 22.4 Å². The van der Waals surface area contributed by atoms with Gasteiger partial charge in [0.2, 0.25) is 11.6 Å². The lowest BCUT2D eigenvalue weighted by Crippen LogP contribution is -2.37. The van der Waals surface area contributed by atoms with Crippen LogP contribution in [0.3, 0.4) is 0 Å². The first-order valence-electron chi connectivity index (χ1n) is 11.3. The van der Waals surface area contributed by atoms with Gasteiger partial charge in [-0.3, -0.25) is 9.32 Å². The van der Waals surface area contributed by atoms with Gasteiger partial charge in [-0.2, -0.15) is 0 Å². The van der Waals surface area contributed by atoms with Gasteiger partial charge in [-0.05, 0) is 73.2 Å². The first-order chi connectivity index (χ1) is 16.3. The minimum absolute atomic E-state index is 0.261. The molecular formula is C24H28N3O5S2+. The van der Waals surface area contributed by atoms with E-state index in [0.29, 0.717) is 16.5 Å². The molecule has 3 aromatic rings. The van der Waals surface area contributed by atoms with Crippen LogP contribution in [0, 0.1) is 12.8 Å². The molecule has 180 valence electrons. The molecule has 0 spiro atoms. The van der Waals surface area contributed by atoms with Gasteiger partial charge in [0.25, 0.3) is 0 Å². The Morgan fingerprint density at radius 3 is 2.79 bits per heavy atom. The lowest BCUT2D eigenvalue weighted by atomic mass is 9.88. The van der Waals surface area contributed by atoms with E-state index >= 15 is 0 Å². The fraction of sp³-hybridized carbons (Fsp3) is 0.417. The van der Waals surface area contributed by atoms with Crippen LogP contribution >= 0.6 is 23.1 Å². The first-order valence-corrected chi connectivity index (χ1v) is 13.0. The minimum atomic E-state index is -0.622. The molecule has 2 N–H and O–H groups in total. The van der Waals surface area contributed by atoms with Crippen molar-refractivity contribution in [2.45, 2.75) is 57.2 Å². The predicted octanol–water partition coefficient (Wildman–Crippen LogP) is 4.04. The number of nitrogens with one attached hydrogen (secondary N) is 2. The summed E-state index contributed by atoms with van der Waals surface area (Å²) >= 11 is 2.54. The SMILES string of the molecule is CCOC(=O)c1c(NC(=O)C(C)Sc2c(=O)o[nH][n+]2-c2ccc(C)cc2)sc2c1CCC(C)C2. The van der Waals surface area contributed by atoms with Crippen molar-refractivity contribution in [2.24, 2.45) is 5.92 Å². The zero-order valence-corrected chi connectivity index (χ0v) is 21.2. The number of amides is 1.